The van der Waals surface area contributed by atoms with E-state index in [4.69, 9.17) is 14.2 Å². The lowest BCUT2D eigenvalue weighted by atomic mass is 9.74. The molecule has 0 aliphatic carbocycles. The van der Waals surface area contributed by atoms with Crippen LogP contribution in [0.4, 0.5) is 0 Å². The van der Waals surface area contributed by atoms with E-state index in [1.807, 2.05) is 65.9 Å². The minimum Gasteiger partial charge on any atom is -0.482 e. The van der Waals surface area contributed by atoms with Gasteiger partial charge in [-0.25, -0.2) is 4.79 Å². The second-order valence-corrected chi connectivity index (χ2v) is 8.74. The van der Waals surface area contributed by atoms with Crippen molar-refractivity contribution >= 4 is 25.6 Å². The molecule has 0 aromatic heterocycles. The first kappa shape index (κ1) is 26.2. The van der Waals surface area contributed by atoms with Crippen LogP contribution in [-0.2, 0) is 19.1 Å². The van der Waals surface area contributed by atoms with Crippen molar-refractivity contribution in [3.8, 4) is 5.75 Å². The zero-order valence-electron chi connectivity index (χ0n) is 20.1. The molecule has 0 amide bonds. The van der Waals surface area contributed by atoms with Crippen LogP contribution in [0.3, 0.4) is 0 Å². The third-order valence-electron chi connectivity index (χ3n) is 5.51. The Balaban J connectivity index is 1.68. The Bertz CT molecular complexity index is 910. The van der Waals surface area contributed by atoms with Crippen LogP contribution in [0.5, 0.6) is 5.75 Å². The number of ketones is 1. The van der Waals surface area contributed by atoms with Gasteiger partial charge in [0.1, 0.15) is 13.6 Å². The summed E-state index contributed by atoms with van der Waals surface area (Å²) in [4.78, 5) is 36.3. The van der Waals surface area contributed by atoms with E-state index in [9.17, 15) is 14.4 Å². The highest BCUT2D eigenvalue weighted by molar-refractivity contribution is 6.23. The molecule has 0 N–H and O–H groups in total. The number of hydrogen-bond donors (Lipinski definition) is 0. The maximum atomic E-state index is 12.4. The summed E-state index contributed by atoms with van der Waals surface area (Å²) in [6, 6.07) is 16.5. The van der Waals surface area contributed by atoms with Crippen LogP contribution >= 0.6 is 0 Å². The summed E-state index contributed by atoms with van der Waals surface area (Å²) in [7, 11) is 1.85. The SMILES string of the molecule is BC(C(=O)OCC(C)COC(=O)COc1ccc(C(=O)C(C)C)cc1)C(C)c1ccccc1. The van der Waals surface area contributed by atoms with Gasteiger partial charge in [0.25, 0.3) is 0 Å². The second-order valence-electron chi connectivity index (χ2n) is 8.74. The van der Waals surface area contributed by atoms with Gasteiger partial charge >= 0.3 is 11.9 Å². The average molecular weight is 452 g/mol. The Labute approximate surface area is 197 Å². The normalized spacial score (nSPS) is 13.6. The number of benzene rings is 2. The van der Waals surface area contributed by atoms with Gasteiger partial charge < -0.3 is 14.2 Å². The first-order valence-electron chi connectivity index (χ1n) is 11.3. The molecule has 0 saturated heterocycles. The van der Waals surface area contributed by atoms with Crippen molar-refractivity contribution in [1.82, 2.24) is 0 Å². The van der Waals surface area contributed by atoms with E-state index in [0.717, 1.165) is 5.56 Å². The summed E-state index contributed by atoms with van der Waals surface area (Å²) in [5, 5.41) is 0. The highest BCUT2D eigenvalue weighted by Crippen LogP contribution is 2.27. The number of hydrogen-bond acceptors (Lipinski definition) is 6. The number of esters is 2. The summed E-state index contributed by atoms with van der Waals surface area (Å²) >= 11 is 0. The van der Waals surface area contributed by atoms with Gasteiger partial charge in [-0.3, -0.25) is 9.59 Å². The van der Waals surface area contributed by atoms with E-state index in [2.05, 4.69) is 0 Å². The van der Waals surface area contributed by atoms with E-state index >= 15 is 0 Å². The molecular formula is C26H33BO6. The topological polar surface area (TPSA) is 78.9 Å². The number of rotatable bonds is 12. The van der Waals surface area contributed by atoms with E-state index in [-0.39, 0.29) is 55.1 Å². The fourth-order valence-corrected chi connectivity index (χ4v) is 3.12. The van der Waals surface area contributed by atoms with Crippen molar-refractivity contribution in [2.75, 3.05) is 19.8 Å². The third-order valence-corrected chi connectivity index (χ3v) is 5.51. The van der Waals surface area contributed by atoms with E-state index < -0.39 is 5.97 Å². The zero-order chi connectivity index (χ0) is 24.4. The zero-order valence-corrected chi connectivity index (χ0v) is 20.1. The molecule has 2 rings (SSSR count). The molecule has 0 aliphatic rings. The predicted octanol–water partition coefficient (Wildman–Crippen LogP) is 3.85. The number of carbonyl (C=O) groups excluding carboxylic acids is 3. The molecule has 0 radical (unpaired) electrons. The van der Waals surface area contributed by atoms with Crippen LogP contribution in [0.1, 0.15) is 49.5 Å². The molecule has 33 heavy (non-hydrogen) atoms. The van der Waals surface area contributed by atoms with Crippen LogP contribution in [0, 0.1) is 11.8 Å². The maximum Gasteiger partial charge on any atom is 0.344 e. The van der Waals surface area contributed by atoms with Gasteiger partial charge in [-0.15, -0.1) is 0 Å². The molecule has 2 aromatic rings. The van der Waals surface area contributed by atoms with Gasteiger partial charge in [-0.2, -0.15) is 0 Å². The molecule has 0 saturated carbocycles. The lowest BCUT2D eigenvalue weighted by Crippen LogP contribution is -2.24. The number of ether oxygens (including phenoxy) is 3. The molecule has 0 aliphatic heterocycles. The maximum absolute atomic E-state index is 12.4. The molecule has 0 fully saturated rings. The Morgan fingerprint density at radius 1 is 0.848 bits per heavy atom. The van der Waals surface area contributed by atoms with Gasteiger partial charge in [0, 0.05) is 23.2 Å². The summed E-state index contributed by atoms with van der Waals surface area (Å²) in [6.07, 6.45) is 0. The first-order valence-corrected chi connectivity index (χ1v) is 11.3. The van der Waals surface area contributed by atoms with Gasteiger partial charge in [0.05, 0.1) is 13.2 Å². The Morgan fingerprint density at radius 3 is 2.06 bits per heavy atom. The summed E-state index contributed by atoms with van der Waals surface area (Å²) in [5.41, 5.74) is 1.70. The van der Waals surface area contributed by atoms with E-state index in [1.165, 1.54) is 0 Å². The second kappa shape index (κ2) is 12.8. The standard InChI is InChI=1S/C26H33BO6/c1-17(2)25(29)21-10-12-22(13-11-21)31-16-23(28)32-14-18(3)15-33-26(30)24(27)19(4)20-8-6-5-7-9-20/h5-13,17-19,24H,14-16,27H2,1-4H3. The molecule has 3 unspecified atom stereocenters. The summed E-state index contributed by atoms with van der Waals surface area (Å²) in [5.74, 6) is -0.703. The van der Waals surface area contributed by atoms with Crippen molar-refractivity contribution < 1.29 is 28.6 Å². The highest BCUT2D eigenvalue weighted by atomic mass is 16.6. The first-order chi connectivity index (χ1) is 15.7. The van der Waals surface area contributed by atoms with Crippen molar-refractivity contribution in [3.05, 3.63) is 65.7 Å². The molecule has 0 heterocycles. The molecule has 176 valence electrons. The van der Waals surface area contributed by atoms with Crippen LogP contribution in [-0.4, -0.2) is 45.4 Å². The minimum absolute atomic E-state index is 0.0431. The van der Waals surface area contributed by atoms with Gasteiger partial charge in [-0.05, 0) is 35.7 Å². The number of Topliss-reactive ketones (excluding diaryl/α,β-unsaturated/α-hetero) is 1. The molecule has 0 spiro atoms. The fourth-order valence-electron chi connectivity index (χ4n) is 3.12. The average Bonchev–Trinajstić information content (AvgIpc) is 2.84. The molecule has 2 aromatic carbocycles. The van der Waals surface area contributed by atoms with Gasteiger partial charge in [0.2, 0.25) is 0 Å². The van der Waals surface area contributed by atoms with Crippen LogP contribution in [0.15, 0.2) is 54.6 Å². The predicted molar refractivity (Wildman–Crippen MR) is 129 cm³/mol. The Kier molecular flexibility index (Phi) is 10.2. The monoisotopic (exact) mass is 452 g/mol. The minimum atomic E-state index is -0.512. The molecular weight excluding hydrogens is 419 g/mol. The molecule has 3 atom stereocenters. The quantitative estimate of drug-likeness (QED) is 0.277. The molecule has 6 nitrogen and oxygen atoms in total. The smallest absolute Gasteiger partial charge is 0.344 e. The fraction of sp³-hybridized carbons (Fsp3) is 0.423. The van der Waals surface area contributed by atoms with Crippen LogP contribution in [0.2, 0.25) is 5.82 Å². The highest BCUT2D eigenvalue weighted by Gasteiger charge is 2.23. The van der Waals surface area contributed by atoms with Gasteiger partial charge in [0.15, 0.2) is 12.4 Å². The van der Waals surface area contributed by atoms with Crippen molar-refractivity contribution in [3.63, 3.8) is 0 Å². The molecule has 0 bridgehead atoms. The lowest BCUT2D eigenvalue weighted by molar-refractivity contribution is -0.150. The van der Waals surface area contributed by atoms with Crippen LogP contribution in [0.25, 0.3) is 0 Å². The van der Waals surface area contributed by atoms with Gasteiger partial charge in [-0.1, -0.05) is 58.0 Å². The third kappa shape index (κ3) is 8.41. The lowest BCUT2D eigenvalue weighted by Gasteiger charge is -2.20. The largest absolute Gasteiger partial charge is 0.482 e. The summed E-state index contributed by atoms with van der Waals surface area (Å²) < 4.78 is 16.1. The van der Waals surface area contributed by atoms with Crippen LogP contribution < -0.4 is 4.74 Å². The van der Waals surface area contributed by atoms with E-state index in [0.29, 0.717) is 11.3 Å². The molecule has 7 heteroatoms. The Hall–Kier alpha value is -3.09. The van der Waals surface area contributed by atoms with Crippen molar-refractivity contribution in [1.29, 1.82) is 0 Å². The van der Waals surface area contributed by atoms with Crippen molar-refractivity contribution in [2.24, 2.45) is 11.8 Å². The Morgan fingerprint density at radius 2 is 1.45 bits per heavy atom. The van der Waals surface area contributed by atoms with E-state index in [1.54, 1.807) is 24.3 Å². The number of carbonyl (C=O) groups is 3. The van der Waals surface area contributed by atoms with Crippen molar-refractivity contribution in [2.45, 2.75) is 39.4 Å². The summed E-state index contributed by atoms with van der Waals surface area (Å²) in [6.45, 7) is 7.59.